The van der Waals surface area contributed by atoms with E-state index in [1.807, 2.05) is 0 Å². The van der Waals surface area contributed by atoms with Gasteiger partial charge < -0.3 is 10.2 Å². The highest BCUT2D eigenvalue weighted by Crippen LogP contribution is 1.68. The molecule has 0 fully saturated rings. The number of rotatable bonds is 0. The van der Waals surface area contributed by atoms with E-state index in [9.17, 15) is 0 Å². The first kappa shape index (κ1) is 4.14. The van der Waals surface area contributed by atoms with Crippen LogP contribution >= 0.6 is 0 Å². The maximum Gasteiger partial charge on any atom is 0.315 e. The summed E-state index contributed by atoms with van der Waals surface area (Å²) < 4.78 is 0. The first-order valence-electron chi connectivity index (χ1n) is 0.972. The van der Waals surface area contributed by atoms with Gasteiger partial charge in [0.25, 0.3) is 0 Å². The van der Waals surface area contributed by atoms with Crippen molar-refractivity contribution >= 4 is 0 Å². The molecule has 0 saturated carbocycles. The minimum atomic E-state index is -1.18. The summed E-state index contributed by atoms with van der Waals surface area (Å²) >= 11 is 0. The van der Waals surface area contributed by atoms with Gasteiger partial charge >= 0.3 is 5.95 Å². The molecule has 3 nitrogen and oxygen atoms in total. The lowest BCUT2D eigenvalue weighted by Gasteiger charge is -1.71. The third-order valence-corrected chi connectivity index (χ3v) is 0.105. The molecule has 0 saturated heterocycles. The molecule has 0 aromatic carbocycles. The Bertz CT molecular complexity index is 42.9. The fraction of sp³-hybridized carbons (Fsp3) is 0. The van der Waals surface area contributed by atoms with Crippen LogP contribution in [0, 0.1) is 0 Å². The summed E-state index contributed by atoms with van der Waals surface area (Å²) in [6.07, 6.45) is -0.0556. The van der Waals surface area contributed by atoms with Crippen LogP contribution in [0.3, 0.4) is 0 Å². The Balaban J connectivity index is 3.14. The standard InChI is InChI=1S/C2H3O3/c3-1-2(4)5/h1,4-5H. The maximum absolute atomic E-state index is 8.97. The Kier molecular flexibility index (Phi) is 1.21. The number of aliphatic hydroxyl groups excluding tert-OH is 1. The molecule has 0 aliphatic heterocycles. The van der Waals surface area contributed by atoms with Crippen LogP contribution in [0.1, 0.15) is 0 Å². The van der Waals surface area contributed by atoms with Gasteiger partial charge in [0.05, 0.1) is 0 Å². The smallest absolute Gasteiger partial charge is 0.315 e. The van der Waals surface area contributed by atoms with E-state index in [0.717, 1.165) is 0 Å². The van der Waals surface area contributed by atoms with Gasteiger partial charge in [0, 0.05) is 0 Å². The second-order valence-electron chi connectivity index (χ2n) is 0.476. The molecule has 0 heterocycles. The Labute approximate surface area is 28.8 Å². The normalized spacial score (nSPS) is 6.40. The molecule has 0 spiro atoms. The monoisotopic (exact) mass is 75.0 g/mol. The number of hydrogen-bond donors (Lipinski definition) is 2. The first-order chi connectivity index (χ1) is 2.27. The lowest BCUT2D eigenvalue weighted by atomic mass is 11.0. The van der Waals surface area contributed by atoms with Gasteiger partial charge in [-0.3, -0.25) is 5.11 Å². The zero-order valence-electron chi connectivity index (χ0n) is 2.38. The van der Waals surface area contributed by atoms with E-state index in [4.69, 9.17) is 15.3 Å². The molecule has 1 radical (unpaired) electrons. The largest absolute Gasteiger partial charge is 0.479 e. The van der Waals surface area contributed by atoms with Crippen molar-refractivity contribution < 1.29 is 15.3 Å². The molecule has 0 unspecified atom stereocenters. The molecule has 29 valence electrons. The highest BCUT2D eigenvalue weighted by atomic mass is 16.5. The lowest BCUT2D eigenvalue weighted by molar-refractivity contribution is 0.160. The van der Waals surface area contributed by atoms with Crippen LogP contribution in [-0.4, -0.2) is 10.2 Å². The summed E-state index contributed by atoms with van der Waals surface area (Å²) in [5.41, 5.74) is 0. The first-order valence-corrected chi connectivity index (χ1v) is 0.972. The summed E-state index contributed by atoms with van der Waals surface area (Å²) in [4.78, 5) is 0. The fourth-order valence-electron chi connectivity index (χ4n) is 0. The van der Waals surface area contributed by atoms with Crippen molar-refractivity contribution in [2.75, 3.05) is 0 Å². The molecule has 0 atom stereocenters. The van der Waals surface area contributed by atoms with E-state index in [2.05, 4.69) is 0 Å². The molecule has 0 rings (SSSR count). The minimum Gasteiger partial charge on any atom is -0.479 e. The van der Waals surface area contributed by atoms with E-state index >= 15 is 0 Å². The van der Waals surface area contributed by atoms with Crippen LogP contribution in [0.4, 0.5) is 0 Å². The van der Waals surface area contributed by atoms with Crippen LogP contribution in [0.5, 0.6) is 0 Å². The van der Waals surface area contributed by atoms with Crippen molar-refractivity contribution in [1.82, 2.24) is 0 Å². The van der Waals surface area contributed by atoms with Crippen LogP contribution in [-0.2, 0) is 5.11 Å². The van der Waals surface area contributed by atoms with Crippen LogP contribution in [0.15, 0.2) is 12.2 Å². The van der Waals surface area contributed by atoms with Crippen molar-refractivity contribution in [3.8, 4) is 0 Å². The highest BCUT2D eigenvalue weighted by Gasteiger charge is 1.72. The Morgan fingerprint density at radius 1 is 1.60 bits per heavy atom. The highest BCUT2D eigenvalue weighted by molar-refractivity contribution is 4.62. The Morgan fingerprint density at radius 3 is 1.80 bits per heavy atom. The molecule has 5 heavy (non-hydrogen) atoms. The van der Waals surface area contributed by atoms with E-state index in [1.54, 1.807) is 0 Å². The Hall–Kier alpha value is -0.860. The summed E-state index contributed by atoms with van der Waals surface area (Å²) in [5, 5.41) is 23.9. The third-order valence-electron chi connectivity index (χ3n) is 0.105. The predicted molar refractivity (Wildman–Crippen MR) is 14.0 cm³/mol. The van der Waals surface area contributed by atoms with Crippen molar-refractivity contribution in [3.63, 3.8) is 0 Å². The van der Waals surface area contributed by atoms with E-state index < -0.39 is 5.95 Å². The van der Waals surface area contributed by atoms with Crippen LogP contribution in [0.2, 0.25) is 0 Å². The maximum atomic E-state index is 8.97. The van der Waals surface area contributed by atoms with E-state index in [1.165, 1.54) is 0 Å². The average molecular weight is 75.0 g/mol. The molecule has 0 amide bonds. The molecule has 3 heteroatoms. The fourth-order valence-corrected chi connectivity index (χ4v) is 0. The summed E-state index contributed by atoms with van der Waals surface area (Å²) in [6.45, 7) is 0. The van der Waals surface area contributed by atoms with Gasteiger partial charge in [-0.05, 0) is 0 Å². The summed E-state index contributed by atoms with van der Waals surface area (Å²) in [6, 6.07) is 0. The van der Waals surface area contributed by atoms with Gasteiger partial charge in [0.15, 0.2) is 0 Å². The second-order valence-corrected chi connectivity index (χ2v) is 0.476. The molecular weight excluding hydrogens is 72.0 g/mol. The van der Waals surface area contributed by atoms with E-state index in [-0.39, 0.29) is 6.26 Å². The average Bonchev–Trinajstić information content (AvgIpc) is 1.38. The molecule has 0 bridgehead atoms. The lowest BCUT2D eigenvalue weighted by Crippen LogP contribution is -1.69. The van der Waals surface area contributed by atoms with E-state index in [0.29, 0.717) is 0 Å². The molecule has 0 aliphatic carbocycles. The topological polar surface area (TPSA) is 60.4 Å². The van der Waals surface area contributed by atoms with Crippen molar-refractivity contribution in [2.24, 2.45) is 0 Å². The van der Waals surface area contributed by atoms with Crippen molar-refractivity contribution in [2.45, 2.75) is 0 Å². The molecule has 0 aliphatic rings. The zero-order chi connectivity index (χ0) is 4.28. The number of hydrogen-bond acceptors (Lipinski definition) is 2. The van der Waals surface area contributed by atoms with Gasteiger partial charge in [-0.1, -0.05) is 0 Å². The van der Waals surface area contributed by atoms with Gasteiger partial charge in [-0.25, -0.2) is 0 Å². The molecular formula is C2H3O3. The summed E-state index contributed by atoms with van der Waals surface area (Å²) in [5.74, 6) is -1.18. The molecule has 0 aromatic heterocycles. The predicted octanol–water partition coefficient (Wildman–Crippen LogP) is 0.332. The van der Waals surface area contributed by atoms with Gasteiger partial charge in [-0.15, -0.1) is 0 Å². The minimum absolute atomic E-state index is 0.0556. The van der Waals surface area contributed by atoms with Crippen LogP contribution in [0.25, 0.3) is 0 Å². The van der Waals surface area contributed by atoms with Crippen molar-refractivity contribution in [1.29, 1.82) is 0 Å². The second kappa shape index (κ2) is 1.46. The number of aliphatic hydroxyl groups is 2. The molecule has 0 aromatic rings. The third kappa shape index (κ3) is 3.14. The van der Waals surface area contributed by atoms with Crippen molar-refractivity contribution in [3.05, 3.63) is 12.2 Å². The molecule has 2 N–H and O–H groups in total. The van der Waals surface area contributed by atoms with Gasteiger partial charge in [0.2, 0.25) is 6.26 Å². The quantitative estimate of drug-likeness (QED) is 0.407. The van der Waals surface area contributed by atoms with Gasteiger partial charge in [-0.2, -0.15) is 0 Å². The summed E-state index contributed by atoms with van der Waals surface area (Å²) in [7, 11) is 0. The SMILES string of the molecule is [O]C=C(O)O. The zero-order valence-corrected chi connectivity index (χ0v) is 2.38. The van der Waals surface area contributed by atoms with Crippen LogP contribution < -0.4 is 0 Å². The Morgan fingerprint density at radius 2 is 1.80 bits per heavy atom. The van der Waals surface area contributed by atoms with Gasteiger partial charge in [0.1, 0.15) is 0 Å².